The summed E-state index contributed by atoms with van der Waals surface area (Å²) in [6.07, 6.45) is 1.15. The minimum Gasteiger partial charge on any atom is -0.494 e. The van der Waals surface area contributed by atoms with Crippen LogP contribution in [0.4, 0.5) is 5.69 Å². The van der Waals surface area contributed by atoms with Crippen molar-refractivity contribution in [2.45, 2.75) is 20.3 Å². The van der Waals surface area contributed by atoms with E-state index in [1.54, 1.807) is 18.2 Å². The Balaban J connectivity index is 1.91. The zero-order valence-corrected chi connectivity index (χ0v) is 12.9. The molecule has 116 valence electrons. The highest BCUT2D eigenvalue weighted by Gasteiger charge is 2.21. The lowest BCUT2D eigenvalue weighted by molar-refractivity contribution is 0.0947. The Morgan fingerprint density at radius 2 is 2.24 bits per heavy atom. The van der Waals surface area contributed by atoms with Gasteiger partial charge in [-0.15, -0.1) is 0 Å². The zero-order chi connectivity index (χ0) is 15.2. The molecular weight excluding hydrogens is 266 g/mol. The van der Waals surface area contributed by atoms with Crippen molar-refractivity contribution in [3.63, 3.8) is 0 Å². The molecule has 0 saturated carbocycles. The highest BCUT2D eigenvalue weighted by molar-refractivity contribution is 5.95. The van der Waals surface area contributed by atoms with E-state index in [9.17, 15) is 4.79 Å². The predicted octanol–water partition coefficient (Wildman–Crippen LogP) is 1.74. The summed E-state index contributed by atoms with van der Waals surface area (Å²) in [6, 6.07) is 5.16. The van der Waals surface area contributed by atoms with Crippen molar-refractivity contribution >= 4 is 11.6 Å². The van der Waals surface area contributed by atoms with E-state index in [-0.39, 0.29) is 5.91 Å². The number of nitrogens with two attached hydrogens (primary N) is 1. The second-order valence-corrected chi connectivity index (χ2v) is 5.48. The number of benzene rings is 1. The summed E-state index contributed by atoms with van der Waals surface area (Å²) in [5.74, 6) is 1.10. The molecule has 1 atom stereocenters. The number of nitrogens with zero attached hydrogens (tertiary/aromatic N) is 1. The Hall–Kier alpha value is -1.75. The lowest BCUT2D eigenvalue weighted by atomic mass is 10.1. The SMILES string of the molecule is CCOc1cc(N)cc(C(=O)NCC2CCN(CC)C2)c1. The van der Waals surface area contributed by atoms with Gasteiger partial charge in [0.05, 0.1) is 6.61 Å². The van der Waals surface area contributed by atoms with Gasteiger partial charge in [0.1, 0.15) is 5.75 Å². The third kappa shape index (κ3) is 4.36. The summed E-state index contributed by atoms with van der Waals surface area (Å²) in [4.78, 5) is 14.6. The first-order valence-corrected chi connectivity index (χ1v) is 7.66. The average molecular weight is 291 g/mol. The standard InChI is InChI=1S/C16H25N3O2/c1-3-19-6-5-12(11-19)10-18-16(20)13-7-14(17)9-15(8-13)21-4-2/h7-9,12H,3-6,10-11,17H2,1-2H3,(H,18,20). The van der Waals surface area contributed by atoms with E-state index in [0.717, 1.165) is 26.1 Å². The van der Waals surface area contributed by atoms with E-state index in [0.29, 0.717) is 36.1 Å². The van der Waals surface area contributed by atoms with Crippen LogP contribution >= 0.6 is 0 Å². The van der Waals surface area contributed by atoms with Gasteiger partial charge in [-0.3, -0.25) is 4.79 Å². The summed E-state index contributed by atoms with van der Waals surface area (Å²) in [6.45, 7) is 8.62. The quantitative estimate of drug-likeness (QED) is 0.783. The number of likely N-dealkylation sites (tertiary alicyclic amines) is 1. The molecule has 1 aromatic rings. The first-order chi connectivity index (χ1) is 10.1. The molecule has 5 nitrogen and oxygen atoms in total. The fraction of sp³-hybridized carbons (Fsp3) is 0.562. The minimum atomic E-state index is -0.0850. The second kappa shape index (κ2) is 7.31. The van der Waals surface area contributed by atoms with Crippen molar-refractivity contribution in [1.29, 1.82) is 0 Å². The molecule has 0 radical (unpaired) electrons. The number of rotatable bonds is 6. The summed E-state index contributed by atoms with van der Waals surface area (Å²) < 4.78 is 5.42. The molecule has 1 aliphatic heterocycles. The van der Waals surface area contributed by atoms with Crippen molar-refractivity contribution in [2.75, 3.05) is 38.5 Å². The normalized spacial score (nSPS) is 18.7. The lowest BCUT2D eigenvalue weighted by Crippen LogP contribution is -2.31. The van der Waals surface area contributed by atoms with Crippen molar-refractivity contribution in [3.8, 4) is 5.75 Å². The fourth-order valence-electron chi connectivity index (χ4n) is 2.71. The van der Waals surface area contributed by atoms with Gasteiger partial charge in [-0.25, -0.2) is 0 Å². The van der Waals surface area contributed by atoms with E-state index in [1.807, 2.05) is 6.92 Å². The maximum absolute atomic E-state index is 12.2. The van der Waals surface area contributed by atoms with Gasteiger partial charge in [-0.1, -0.05) is 6.92 Å². The molecule has 0 aromatic heterocycles. The van der Waals surface area contributed by atoms with Gasteiger partial charge in [-0.2, -0.15) is 0 Å². The van der Waals surface area contributed by atoms with Crippen molar-refractivity contribution in [2.24, 2.45) is 5.92 Å². The van der Waals surface area contributed by atoms with E-state index in [2.05, 4.69) is 17.1 Å². The molecule has 1 unspecified atom stereocenters. The monoisotopic (exact) mass is 291 g/mol. The Morgan fingerprint density at radius 3 is 2.90 bits per heavy atom. The Morgan fingerprint density at radius 1 is 1.43 bits per heavy atom. The van der Waals surface area contributed by atoms with E-state index in [4.69, 9.17) is 10.5 Å². The number of ether oxygens (including phenoxy) is 1. The number of amides is 1. The third-order valence-corrected chi connectivity index (χ3v) is 3.87. The highest BCUT2D eigenvalue weighted by atomic mass is 16.5. The van der Waals surface area contributed by atoms with Gasteiger partial charge in [0.2, 0.25) is 0 Å². The van der Waals surface area contributed by atoms with Crippen LogP contribution in [-0.2, 0) is 0 Å². The first kappa shape index (κ1) is 15.6. The van der Waals surface area contributed by atoms with Gasteiger partial charge in [0.15, 0.2) is 0 Å². The minimum absolute atomic E-state index is 0.0850. The van der Waals surface area contributed by atoms with E-state index >= 15 is 0 Å². The summed E-state index contributed by atoms with van der Waals surface area (Å²) in [7, 11) is 0. The summed E-state index contributed by atoms with van der Waals surface area (Å²) in [5, 5.41) is 3.01. The largest absolute Gasteiger partial charge is 0.494 e. The first-order valence-electron chi connectivity index (χ1n) is 7.66. The van der Waals surface area contributed by atoms with Gasteiger partial charge < -0.3 is 20.7 Å². The molecule has 2 rings (SSSR count). The van der Waals surface area contributed by atoms with Crippen LogP contribution in [0.15, 0.2) is 18.2 Å². The maximum Gasteiger partial charge on any atom is 0.251 e. The third-order valence-electron chi connectivity index (χ3n) is 3.87. The van der Waals surface area contributed by atoms with Crippen molar-refractivity contribution in [3.05, 3.63) is 23.8 Å². The van der Waals surface area contributed by atoms with Gasteiger partial charge in [0.25, 0.3) is 5.91 Å². The van der Waals surface area contributed by atoms with Crippen LogP contribution in [0.2, 0.25) is 0 Å². The van der Waals surface area contributed by atoms with Gasteiger partial charge >= 0.3 is 0 Å². The smallest absolute Gasteiger partial charge is 0.251 e. The number of hydrogen-bond acceptors (Lipinski definition) is 4. The van der Waals surface area contributed by atoms with Crippen molar-refractivity contribution in [1.82, 2.24) is 10.2 Å². The molecule has 1 fully saturated rings. The Bertz CT molecular complexity index is 490. The second-order valence-electron chi connectivity index (χ2n) is 5.48. The lowest BCUT2D eigenvalue weighted by Gasteiger charge is -2.14. The predicted molar refractivity (Wildman–Crippen MR) is 84.6 cm³/mol. The van der Waals surface area contributed by atoms with Crippen LogP contribution in [0.5, 0.6) is 5.75 Å². The highest BCUT2D eigenvalue weighted by Crippen LogP contribution is 2.19. The summed E-state index contributed by atoms with van der Waals surface area (Å²) >= 11 is 0. The fourth-order valence-corrected chi connectivity index (χ4v) is 2.71. The molecule has 1 saturated heterocycles. The number of carbonyl (C=O) groups is 1. The van der Waals surface area contributed by atoms with Crippen LogP contribution < -0.4 is 15.8 Å². The Kier molecular flexibility index (Phi) is 5.44. The Labute approximate surface area is 126 Å². The van der Waals surface area contributed by atoms with Crippen LogP contribution in [0.25, 0.3) is 0 Å². The topological polar surface area (TPSA) is 67.6 Å². The van der Waals surface area contributed by atoms with Gasteiger partial charge in [0, 0.05) is 30.4 Å². The van der Waals surface area contributed by atoms with E-state index in [1.165, 1.54) is 0 Å². The molecule has 21 heavy (non-hydrogen) atoms. The van der Waals surface area contributed by atoms with Crippen LogP contribution in [0.1, 0.15) is 30.6 Å². The van der Waals surface area contributed by atoms with Crippen LogP contribution in [-0.4, -0.2) is 43.6 Å². The van der Waals surface area contributed by atoms with Gasteiger partial charge in [-0.05, 0) is 44.5 Å². The number of hydrogen-bond donors (Lipinski definition) is 2. The number of carbonyl (C=O) groups excluding carboxylic acids is 1. The molecule has 0 bridgehead atoms. The van der Waals surface area contributed by atoms with Crippen LogP contribution in [0.3, 0.4) is 0 Å². The number of nitrogens with one attached hydrogen (secondary N) is 1. The maximum atomic E-state index is 12.2. The molecular formula is C16H25N3O2. The number of nitrogen functional groups attached to an aromatic ring is 1. The molecule has 5 heteroatoms. The molecule has 1 heterocycles. The number of anilines is 1. The molecule has 3 N–H and O–H groups in total. The van der Waals surface area contributed by atoms with Crippen LogP contribution in [0, 0.1) is 5.92 Å². The summed E-state index contributed by atoms with van der Waals surface area (Å²) in [5.41, 5.74) is 6.92. The molecule has 1 aromatic carbocycles. The molecule has 0 aliphatic carbocycles. The zero-order valence-electron chi connectivity index (χ0n) is 12.9. The average Bonchev–Trinajstić information content (AvgIpc) is 2.92. The molecule has 1 aliphatic rings. The van der Waals surface area contributed by atoms with Crippen molar-refractivity contribution < 1.29 is 9.53 Å². The van der Waals surface area contributed by atoms with E-state index < -0.39 is 0 Å². The molecule has 0 spiro atoms. The molecule has 1 amide bonds.